The third-order valence-electron chi connectivity index (χ3n) is 6.09. The number of ether oxygens (including phenoxy) is 3. The van der Waals surface area contributed by atoms with Crippen LogP contribution >= 0.6 is 0 Å². The highest BCUT2D eigenvalue weighted by Crippen LogP contribution is 2.38. The molecule has 1 aromatic carbocycles. The SMILES string of the molecule is COc1cccc(-c2nnc(NS(=O)(=O)[C@H](C)[C@@H](C)c3ncc(C)cn3)n2-c2c(OC)cccc2OC)n1. The maximum absolute atomic E-state index is 13.6. The number of hydrogen-bond acceptors (Lipinski definition) is 10. The summed E-state index contributed by atoms with van der Waals surface area (Å²) in [6.45, 7) is 5.21. The van der Waals surface area contributed by atoms with Gasteiger partial charge in [-0.1, -0.05) is 19.1 Å². The summed E-state index contributed by atoms with van der Waals surface area (Å²) >= 11 is 0. The van der Waals surface area contributed by atoms with E-state index >= 15 is 0 Å². The summed E-state index contributed by atoms with van der Waals surface area (Å²) in [6.07, 6.45) is 3.31. The Bertz CT molecular complexity index is 1500. The largest absolute Gasteiger partial charge is 0.494 e. The van der Waals surface area contributed by atoms with Gasteiger partial charge < -0.3 is 14.2 Å². The average molecular weight is 540 g/mol. The fourth-order valence-electron chi connectivity index (χ4n) is 3.77. The molecule has 3 aromatic heterocycles. The minimum Gasteiger partial charge on any atom is -0.494 e. The van der Waals surface area contributed by atoms with Crippen LogP contribution < -0.4 is 18.9 Å². The Labute approximate surface area is 221 Å². The number of sulfonamides is 1. The van der Waals surface area contributed by atoms with Crippen LogP contribution in [0.2, 0.25) is 0 Å². The lowest BCUT2D eigenvalue weighted by molar-refractivity contribution is 0.391. The van der Waals surface area contributed by atoms with Crippen LogP contribution in [0.3, 0.4) is 0 Å². The van der Waals surface area contributed by atoms with Crippen LogP contribution in [0.5, 0.6) is 17.4 Å². The van der Waals surface area contributed by atoms with Crippen LogP contribution in [0.25, 0.3) is 17.2 Å². The first kappa shape index (κ1) is 26.8. The van der Waals surface area contributed by atoms with Crippen molar-refractivity contribution in [2.45, 2.75) is 31.9 Å². The van der Waals surface area contributed by atoms with Gasteiger partial charge in [0, 0.05) is 24.4 Å². The van der Waals surface area contributed by atoms with E-state index in [0.717, 1.165) is 5.56 Å². The van der Waals surface area contributed by atoms with Crippen molar-refractivity contribution in [1.29, 1.82) is 0 Å². The number of pyridine rings is 1. The monoisotopic (exact) mass is 539 g/mol. The highest BCUT2D eigenvalue weighted by atomic mass is 32.2. The smallest absolute Gasteiger partial charge is 0.243 e. The van der Waals surface area contributed by atoms with E-state index in [4.69, 9.17) is 14.2 Å². The molecule has 0 aliphatic rings. The number of hydrogen-bond donors (Lipinski definition) is 1. The first-order valence-electron chi connectivity index (χ1n) is 11.7. The third-order valence-corrected chi connectivity index (χ3v) is 7.94. The molecule has 200 valence electrons. The first-order chi connectivity index (χ1) is 18.2. The molecule has 4 rings (SSSR count). The van der Waals surface area contributed by atoms with Crippen LogP contribution in [-0.2, 0) is 10.0 Å². The number of nitrogens with zero attached hydrogens (tertiary/aromatic N) is 6. The van der Waals surface area contributed by atoms with E-state index in [1.54, 1.807) is 62.6 Å². The van der Waals surface area contributed by atoms with Gasteiger partial charge in [-0.15, -0.1) is 10.2 Å². The predicted molar refractivity (Wildman–Crippen MR) is 141 cm³/mol. The van der Waals surface area contributed by atoms with Crippen molar-refractivity contribution in [1.82, 2.24) is 29.7 Å². The van der Waals surface area contributed by atoms with Crippen molar-refractivity contribution in [2.24, 2.45) is 0 Å². The summed E-state index contributed by atoms with van der Waals surface area (Å²) in [6, 6.07) is 10.3. The fraction of sp³-hybridized carbons (Fsp3) is 0.320. The Morgan fingerprint density at radius 2 is 1.53 bits per heavy atom. The maximum Gasteiger partial charge on any atom is 0.243 e. The maximum atomic E-state index is 13.6. The zero-order valence-electron chi connectivity index (χ0n) is 21.9. The number of rotatable bonds is 10. The van der Waals surface area contributed by atoms with Gasteiger partial charge in [-0.3, -0.25) is 9.29 Å². The molecule has 3 heterocycles. The molecule has 0 spiro atoms. The second kappa shape index (κ2) is 11.0. The number of aromatic nitrogens is 6. The molecule has 0 aliphatic carbocycles. The number of nitrogens with one attached hydrogen (secondary N) is 1. The van der Waals surface area contributed by atoms with Gasteiger partial charge >= 0.3 is 0 Å². The van der Waals surface area contributed by atoms with Crippen molar-refractivity contribution in [3.8, 4) is 34.6 Å². The second-order valence-electron chi connectivity index (χ2n) is 8.52. The molecule has 0 aliphatic heterocycles. The van der Waals surface area contributed by atoms with E-state index in [1.807, 2.05) is 6.92 Å². The molecule has 1 N–H and O–H groups in total. The summed E-state index contributed by atoms with van der Waals surface area (Å²) in [7, 11) is 0.500. The van der Waals surface area contributed by atoms with Crippen LogP contribution in [0.15, 0.2) is 48.8 Å². The lowest BCUT2D eigenvalue weighted by Crippen LogP contribution is -2.31. The topological polar surface area (TPSA) is 143 Å². The van der Waals surface area contributed by atoms with Crippen molar-refractivity contribution in [2.75, 3.05) is 26.1 Å². The molecule has 0 unspecified atom stereocenters. The quantitative estimate of drug-likeness (QED) is 0.318. The normalized spacial score (nSPS) is 13.0. The number of para-hydroxylation sites is 1. The summed E-state index contributed by atoms with van der Waals surface area (Å²) in [5.74, 6) is 1.24. The number of benzene rings is 1. The molecular formula is C25H29N7O5S. The Morgan fingerprint density at radius 1 is 0.895 bits per heavy atom. The van der Waals surface area contributed by atoms with Gasteiger partial charge in [0.15, 0.2) is 5.82 Å². The van der Waals surface area contributed by atoms with Gasteiger partial charge in [-0.05, 0) is 37.6 Å². The molecule has 0 amide bonds. The van der Waals surface area contributed by atoms with E-state index in [0.29, 0.717) is 34.6 Å². The molecule has 13 heteroatoms. The van der Waals surface area contributed by atoms with Crippen LogP contribution in [0.4, 0.5) is 5.95 Å². The lowest BCUT2D eigenvalue weighted by Gasteiger charge is -2.21. The highest BCUT2D eigenvalue weighted by molar-refractivity contribution is 7.93. The summed E-state index contributed by atoms with van der Waals surface area (Å²) in [4.78, 5) is 13.1. The summed E-state index contributed by atoms with van der Waals surface area (Å²) < 4.78 is 47.7. The Balaban J connectivity index is 1.84. The van der Waals surface area contributed by atoms with Gasteiger partial charge in [0.1, 0.15) is 28.7 Å². The molecule has 2 atom stereocenters. The van der Waals surface area contributed by atoms with E-state index in [2.05, 4.69) is 29.9 Å². The molecule has 12 nitrogen and oxygen atoms in total. The minimum atomic E-state index is -4.00. The Kier molecular flexibility index (Phi) is 7.76. The third kappa shape index (κ3) is 5.23. The standard InChI is InChI=1S/C25H29N7O5S/c1-15-13-26-23(27-14-15)16(2)17(3)38(33,34)31-25-30-29-24(18-9-7-12-21(28-18)37-6)32(25)22-19(35-4)10-8-11-20(22)36-5/h7-14,16-17H,1-6H3,(H,30,31)/t16-,17-/m1/s1. The van der Waals surface area contributed by atoms with Crippen LogP contribution in [-0.4, -0.2) is 64.7 Å². The van der Waals surface area contributed by atoms with Crippen molar-refractivity contribution >= 4 is 16.0 Å². The van der Waals surface area contributed by atoms with E-state index in [-0.39, 0.29) is 11.8 Å². The van der Waals surface area contributed by atoms with E-state index in [9.17, 15) is 8.42 Å². The summed E-state index contributed by atoms with van der Waals surface area (Å²) in [5, 5.41) is 7.55. The van der Waals surface area contributed by atoms with Crippen molar-refractivity contribution in [3.05, 3.63) is 60.2 Å². The van der Waals surface area contributed by atoms with Gasteiger partial charge in [0.05, 0.1) is 26.6 Å². The van der Waals surface area contributed by atoms with Crippen molar-refractivity contribution < 1.29 is 22.6 Å². The van der Waals surface area contributed by atoms with Crippen LogP contribution in [0, 0.1) is 6.92 Å². The fourth-order valence-corrected chi connectivity index (χ4v) is 5.00. The number of methoxy groups -OCH3 is 3. The first-order valence-corrected chi connectivity index (χ1v) is 13.2. The van der Waals surface area contributed by atoms with Crippen LogP contribution in [0.1, 0.15) is 31.2 Å². The van der Waals surface area contributed by atoms with Gasteiger partial charge in [-0.2, -0.15) is 0 Å². The van der Waals surface area contributed by atoms with Gasteiger partial charge in [0.2, 0.25) is 21.9 Å². The molecule has 0 radical (unpaired) electrons. The number of aryl methyl sites for hydroxylation is 1. The Hall–Kier alpha value is -4.26. The molecular weight excluding hydrogens is 510 g/mol. The average Bonchev–Trinajstić information content (AvgIpc) is 3.34. The highest BCUT2D eigenvalue weighted by Gasteiger charge is 2.32. The molecule has 4 aromatic rings. The van der Waals surface area contributed by atoms with E-state index in [1.165, 1.54) is 25.9 Å². The Morgan fingerprint density at radius 3 is 2.13 bits per heavy atom. The van der Waals surface area contributed by atoms with Gasteiger partial charge in [-0.25, -0.2) is 23.4 Å². The zero-order chi connectivity index (χ0) is 27.4. The molecule has 0 saturated carbocycles. The lowest BCUT2D eigenvalue weighted by atomic mass is 10.1. The molecule has 0 fully saturated rings. The van der Waals surface area contributed by atoms with E-state index < -0.39 is 21.2 Å². The predicted octanol–water partition coefficient (Wildman–Crippen LogP) is 3.39. The molecule has 0 bridgehead atoms. The minimum absolute atomic E-state index is 0.0729. The molecule has 38 heavy (non-hydrogen) atoms. The number of anilines is 1. The summed E-state index contributed by atoms with van der Waals surface area (Å²) in [5.41, 5.74) is 1.67. The van der Waals surface area contributed by atoms with Crippen molar-refractivity contribution in [3.63, 3.8) is 0 Å². The van der Waals surface area contributed by atoms with Gasteiger partial charge in [0.25, 0.3) is 0 Å². The molecule has 0 saturated heterocycles. The zero-order valence-corrected chi connectivity index (χ0v) is 22.7. The second-order valence-corrected chi connectivity index (χ2v) is 10.6.